The van der Waals surface area contributed by atoms with E-state index in [4.69, 9.17) is 9.15 Å². The first-order valence-corrected chi connectivity index (χ1v) is 7.01. The maximum Gasteiger partial charge on any atom is 0.417 e. The van der Waals surface area contributed by atoms with Gasteiger partial charge in [0.15, 0.2) is 12.4 Å². The molecule has 1 aliphatic heterocycles. The number of carbonyl (C=O) groups is 3. The first-order chi connectivity index (χ1) is 11.1. The van der Waals surface area contributed by atoms with Crippen LogP contribution < -0.4 is 5.32 Å². The van der Waals surface area contributed by atoms with Crippen LogP contribution in [0.5, 0.6) is 0 Å². The summed E-state index contributed by atoms with van der Waals surface area (Å²) in [7, 11) is 0. The SMILES string of the molecule is O=C(N[C@@H](CN1C(=O)COC1=O)c1ccccc1)c1ccco1. The standard InChI is InChI=1S/C16H14N2O5/c19-14-10-23-16(21)18(14)9-12(11-5-2-1-3-6-11)17-15(20)13-7-4-8-22-13/h1-8,12H,9-10H2,(H,17,20)/t12-/m0/s1. The normalized spacial score (nSPS) is 15.4. The summed E-state index contributed by atoms with van der Waals surface area (Å²) in [6.45, 7) is -0.277. The molecule has 2 heterocycles. The highest BCUT2D eigenvalue weighted by Crippen LogP contribution is 2.18. The third-order valence-electron chi connectivity index (χ3n) is 3.46. The van der Waals surface area contributed by atoms with Gasteiger partial charge >= 0.3 is 6.09 Å². The second-order valence-corrected chi connectivity index (χ2v) is 4.97. The molecular weight excluding hydrogens is 300 g/mol. The molecule has 23 heavy (non-hydrogen) atoms. The van der Waals surface area contributed by atoms with Crippen molar-refractivity contribution < 1.29 is 23.5 Å². The van der Waals surface area contributed by atoms with E-state index in [1.54, 1.807) is 18.2 Å². The average molecular weight is 314 g/mol. The fourth-order valence-corrected chi connectivity index (χ4v) is 2.30. The second kappa shape index (κ2) is 6.35. The predicted octanol–water partition coefficient (Wildman–Crippen LogP) is 1.73. The van der Waals surface area contributed by atoms with Crippen molar-refractivity contribution in [3.8, 4) is 0 Å². The molecule has 3 rings (SSSR count). The maximum atomic E-state index is 12.2. The number of amides is 3. The number of cyclic esters (lactones) is 1. The third kappa shape index (κ3) is 3.23. The van der Waals surface area contributed by atoms with Crippen LogP contribution in [-0.2, 0) is 9.53 Å². The second-order valence-electron chi connectivity index (χ2n) is 4.97. The number of furan rings is 1. The number of ether oxygens (including phenoxy) is 1. The number of benzene rings is 1. The van der Waals surface area contributed by atoms with Crippen molar-refractivity contribution in [1.29, 1.82) is 0 Å². The van der Waals surface area contributed by atoms with E-state index in [1.165, 1.54) is 12.3 Å². The van der Waals surface area contributed by atoms with E-state index >= 15 is 0 Å². The van der Waals surface area contributed by atoms with Gasteiger partial charge in [-0.15, -0.1) is 0 Å². The molecule has 1 fully saturated rings. The Bertz CT molecular complexity index is 695. The molecule has 0 spiro atoms. The van der Waals surface area contributed by atoms with Gasteiger partial charge in [0.05, 0.1) is 18.8 Å². The average Bonchev–Trinajstić information content (AvgIpc) is 3.20. The first kappa shape index (κ1) is 14.8. The Hall–Kier alpha value is -3.09. The van der Waals surface area contributed by atoms with Crippen LogP contribution in [-0.4, -0.2) is 36.0 Å². The molecule has 1 atom stereocenters. The van der Waals surface area contributed by atoms with E-state index in [9.17, 15) is 14.4 Å². The highest BCUT2D eigenvalue weighted by molar-refractivity contribution is 5.98. The zero-order chi connectivity index (χ0) is 16.2. The molecule has 0 bridgehead atoms. The molecule has 1 aromatic carbocycles. The number of nitrogens with one attached hydrogen (secondary N) is 1. The van der Waals surface area contributed by atoms with Crippen LogP contribution in [0.2, 0.25) is 0 Å². The molecule has 1 aromatic heterocycles. The van der Waals surface area contributed by atoms with Crippen molar-refractivity contribution in [1.82, 2.24) is 10.2 Å². The van der Waals surface area contributed by atoms with Gasteiger partial charge < -0.3 is 14.5 Å². The lowest BCUT2D eigenvalue weighted by molar-refractivity contribution is -0.126. The Kier molecular flexibility index (Phi) is 4.09. The fraction of sp³-hybridized carbons (Fsp3) is 0.188. The predicted molar refractivity (Wildman–Crippen MR) is 78.4 cm³/mol. The van der Waals surface area contributed by atoms with E-state index in [1.807, 2.05) is 18.2 Å². The first-order valence-electron chi connectivity index (χ1n) is 7.01. The molecule has 2 aromatic rings. The summed E-state index contributed by atoms with van der Waals surface area (Å²) in [6.07, 6.45) is 0.691. The van der Waals surface area contributed by atoms with Crippen molar-refractivity contribution >= 4 is 17.9 Å². The molecule has 7 nitrogen and oxygen atoms in total. The molecule has 0 saturated carbocycles. The van der Waals surface area contributed by atoms with Crippen molar-refractivity contribution in [2.24, 2.45) is 0 Å². The maximum absolute atomic E-state index is 12.2. The zero-order valence-electron chi connectivity index (χ0n) is 12.1. The molecule has 118 valence electrons. The lowest BCUT2D eigenvalue weighted by Crippen LogP contribution is -2.40. The van der Waals surface area contributed by atoms with Crippen molar-refractivity contribution in [2.75, 3.05) is 13.2 Å². The van der Waals surface area contributed by atoms with E-state index in [0.29, 0.717) is 0 Å². The quantitative estimate of drug-likeness (QED) is 0.908. The van der Waals surface area contributed by atoms with Gasteiger partial charge in [0.2, 0.25) is 0 Å². The zero-order valence-corrected chi connectivity index (χ0v) is 12.1. The highest BCUT2D eigenvalue weighted by atomic mass is 16.6. The Morgan fingerprint density at radius 3 is 2.57 bits per heavy atom. The van der Waals surface area contributed by atoms with E-state index in [0.717, 1.165) is 10.5 Å². The third-order valence-corrected chi connectivity index (χ3v) is 3.46. The number of hydrogen-bond acceptors (Lipinski definition) is 5. The van der Waals surface area contributed by atoms with Crippen LogP contribution in [0.1, 0.15) is 22.2 Å². The highest BCUT2D eigenvalue weighted by Gasteiger charge is 2.34. The summed E-state index contributed by atoms with van der Waals surface area (Å²) in [5, 5.41) is 2.77. The Morgan fingerprint density at radius 2 is 1.96 bits per heavy atom. The van der Waals surface area contributed by atoms with Crippen LogP contribution in [0.4, 0.5) is 4.79 Å². The molecule has 1 N–H and O–H groups in total. The molecular formula is C16H14N2O5. The van der Waals surface area contributed by atoms with Crippen molar-refractivity contribution in [3.63, 3.8) is 0 Å². The summed E-state index contributed by atoms with van der Waals surface area (Å²) < 4.78 is 9.76. The number of nitrogens with zero attached hydrogens (tertiary/aromatic N) is 1. The van der Waals surface area contributed by atoms with Crippen LogP contribution in [0.25, 0.3) is 0 Å². The Labute approximate surface area is 131 Å². The summed E-state index contributed by atoms with van der Waals surface area (Å²) in [6, 6.07) is 11.6. The van der Waals surface area contributed by atoms with Gasteiger partial charge in [-0.1, -0.05) is 30.3 Å². The van der Waals surface area contributed by atoms with Crippen molar-refractivity contribution in [3.05, 3.63) is 60.1 Å². The number of imide groups is 1. The topological polar surface area (TPSA) is 88.9 Å². The summed E-state index contributed by atoms with van der Waals surface area (Å²) in [5.41, 5.74) is 0.764. The number of carbonyl (C=O) groups excluding carboxylic acids is 3. The summed E-state index contributed by atoms with van der Waals surface area (Å²) >= 11 is 0. The van der Waals surface area contributed by atoms with Crippen LogP contribution >= 0.6 is 0 Å². The minimum Gasteiger partial charge on any atom is -0.459 e. The van der Waals surface area contributed by atoms with Crippen LogP contribution in [0, 0.1) is 0 Å². The molecule has 7 heteroatoms. The summed E-state index contributed by atoms with van der Waals surface area (Å²) in [4.78, 5) is 36.5. The van der Waals surface area contributed by atoms with Gasteiger partial charge in [0, 0.05) is 0 Å². The summed E-state index contributed by atoms with van der Waals surface area (Å²) in [5.74, 6) is -0.701. The Balaban J connectivity index is 1.81. The molecule has 3 amide bonds. The fourth-order valence-electron chi connectivity index (χ4n) is 2.30. The lowest BCUT2D eigenvalue weighted by Gasteiger charge is -2.22. The molecule has 0 unspecified atom stereocenters. The van der Waals surface area contributed by atoms with Gasteiger partial charge in [-0.3, -0.25) is 9.59 Å². The largest absolute Gasteiger partial charge is 0.459 e. The van der Waals surface area contributed by atoms with Crippen molar-refractivity contribution in [2.45, 2.75) is 6.04 Å². The van der Waals surface area contributed by atoms with Crippen LogP contribution in [0.15, 0.2) is 53.1 Å². The van der Waals surface area contributed by atoms with E-state index in [2.05, 4.69) is 5.32 Å². The Morgan fingerprint density at radius 1 is 1.17 bits per heavy atom. The molecule has 0 aliphatic carbocycles. The minimum atomic E-state index is -0.705. The minimum absolute atomic E-state index is 0.00582. The number of rotatable bonds is 5. The number of hydrogen-bond donors (Lipinski definition) is 1. The monoisotopic (exact) mass is 314 g/mol. The van der Waals surface area contributed by atoms with Crippen LogP contribution in [0.3, 0.4) is 0 Å². The van der Waals surface area contributed by atoms with E-state index < -0.39 is 23.9 Å². The van der Waals surface area contributed by atoms with Gasteiger partial charge in [0.1, 0.15) is 0 Å². The van der Waals surface area contributed by atoms with Gasteiger partial charge in [-0.2, -0.15) is 0 Å². The molecule has 1 saturated heterocycles. The molecule has 1 aliphatic rings. The molecule has 0 radical (unpaired) electrons. The van der Waals surface area contributed by atoms with Gasteiger partial charge in [-0.25, -0.2) is 9.69 Å². The van der Waals surface area contributed by atoms with Gasteiger partial charge in [0.25, 0.3) is 11.8 Å². The lowest BCUT2D eigenvalue weighted by atomic mass is 10.1. The van der Waals surface area contributed by atoms with E-state index in [-0.39, 0.29) is 18.9 Å². The smallest absolute Gasteiger partial charge is 0.417 e. The van der Waals surface area contributed by atoms with Gasteiger partial charge in [-0.05, 0) is 17.7 Å².